The zero-order chi connectivity index (χ0) is 14.7. The topological polar surface area (TPSA) is 32.5 Å². The summed E-state index contributed by atoms with van der Waals surface area (Å²) in [4.78, 5) is 4.45. The third-order valence-corrected chi connectivity index (χ3v) is 4.02. The van der Waals surface area contributed by atoms with Gasteiger partial charge >= 0.3 is 0 Å². The van der Waals surface area contributed by atoms with E-state index in [0.717, 1.165) is 31.6 Å². The standard InChI is InChI=1S/C15H23F2N3/c1-19(2)12-4-3-7-20(9-12)10-15(18)13-8-11(16)5-6-14(13)17/h5-6,8,12,15H,3-4,7,9-10,18H2,1-2H3. The van der Waals surface area contributed by atoms with Crippen LogP contribution in [0.5, 0.6) is 0 Å². The van der Waals surface area contributed by atoms with E-state index in [-0.39, 0.29) is 5.56 Å². The first kappa shape index (κ1) is 15.4. The van der Waals surface area contributed by atoms with Crippen LogP contribution in [0.1, 0.15) is 24.4 Å². The second-order valence-electron chi connectivity index (χ2n) is 5.79. The molecule has 1 aliphatic heterocycles. The molecule has 112 valence electrons. The van der Waals surface area contributed by atoms with Gasteiger partial charge in [0.15, 0.2) is 0 Å². The largest absolute Gasteiger partial charge is 0.323 e. The zero-order valence-electron chi connectivity index (χ0n) is 12.1. The van der Waals surface area contributed by atoms with E-state index in [1.165, 1.54) is 12.5 Å². The predicted octanol–water partition coefficient (Wildman–Crippen LogP) is 1.99. The molecule has 1 aliphatic rings. The van der Waals surface area contributed by atoms with E-state index >= 15 is 0 Å². The molecule has 1 saturated heterocycles. The van der Waals surface area contributed by atoms with Gasteiger partial charge in [0.05, 0.1) is 0 Å². The quantitative estimate of drug-likeness (QED) is 0.917. The number of likely N-dealkylation sites (tertiary alicyclic amines) is 1. The smallest absolute Gasteiger partial charge is 0.128 e. The Morgan fingerprint density at radius 2 is 2.15 bits per heavy atom. The van der Waals surface area contributed by atoms with Gasteiger partial charge in [-0.05, 0) is 51.7 Å². The van der Waals surface area contributed by atoms with Gasteiger partial charge in [-0.25, -0.2) is 8.78 Å². The summed E-state index contributed by atoms with van der Waals surface area (Å²) in [5.74, 6) is -0.873. The monoisotopic (exact) mass is 283 g/mol. The molecule has 2 N–H and O–H groups in total. The number of benzene rings is 1. The number of nitrogens with two attached hydrogens (primary N) is 1. The van der Waals surface area contributed by atoms with Crippen molar-refractivity contribution in [1.82, 2.24) is 9.80 Å². The lowest BCUT2D eigenvalue weighted by Crippen LogP contribution is -2.47. The molecule has 1 aromatic carbocycles. The van der Waals surface area contributed by atoms with E-state index in [0.29, 0.717) is 12.6 Å². The van der Waals surface area contributed by atoms with Gasteiger partial charge < -0.3 is 10.6 Å². The highest BCUT2D eigenvalue weighted by Crippen LogP contribution is 2.20. The van der Waals surface area contributed by atoms with Crippen LogP contribution in [0.15, 0.2) is 18.2 Å². The van der Waals surface area contributed by atoms with Crippen molar-refractivity contribution in [1.29, 1.82) is 0 Å². The number of hydrogen-bond acceptors (Lipinski definition) is 3. The van der Waals surface area contributed by atoms with Gasteiger partial charge in [0.2, 0.25) is 0 Å². The van der Waals surface area contributed by atoms with Gasteiger partial charge in [-0.2, -0.15) is 0 Å². The number of likely N-dealkylation sites (N-methyl/N-ethyl adjacent to an activating group) is 1. The van der Waals surface area contributed by atoms with Crippen molar-refractivity contribution in [2.75, 3.05) is 33.7 Å². The maximum atomic E-state index is 13.7. The Balaban J connectivity index is 2.00. The molecular weight excluding hydrogens is 260 g/mol. The van der Waals surface area contributed by atoms with Gasteiger partial charge in [-0.1, -0.05) is 0 Å². The van der Waals surface area contributed by atoms with Gasteiger partial charge in [-0.15, -0.1) is 0 Å². The van der Waals surface area contributed by atoms with Crippen LogP contribution in [0.25, 0.3) is 0 Å². The third kappa shape index (κ3) is 3.75. The molecule has 0 radical (unpaired) electrons. The molecule has 0 spiro atoms. The van der Waals surface area contributed by atoms with Crippen molar-refractivity contribution < 1.29 is 8.78 Å². The lowest BCUT2D eigenvalue weighted by atomic mass is 10.0. The normalized spacial score (nSPS) is 22.2. The maximum absolute atomic E-state index is 13.7. The van der Waals surface area contributed by atoms with Crippen molar-refractivity contribution in [2.45, 2.75) is 24.9 Å². The number of rotatable bonds is 4. The van der Waals surface area contributed by atoms with Crippen LogP contribution in [-0.2, 0) is 0 Å². The van der Waals surface area contributed by atoms with E-state index in [1.807, 2.05) is 0 Å². The van der Waals surface area contributed by atoms with Crippen LogP contribution < -0.4 is 5.73 Å². The number of hydrogen-bond donors (Lipinski definition) is 1. The molecule has 1 heterocycles. The van der Waals surface area contributed by atoms with E-state index in [1.54, 1.807) is 0 Å². The first-order valence-electron chi connectivity index (χ1n) is 7.06. The summed E-state index contributed by atoms with van der Waals surface area (Å²) in [6.45, 7) is 2.46. The van der Waals surface area contributed by atoms with E-state index < -0.39 is 17.7 Å². The van der Waals surface area contributed by atoms with Crippen molar-refractivity contribution >= 4 is 0 Å². The Labute approximate surface area is 119 Å². The van der Waals surface area contributed by atoms with Gasteiger partial charge in [-0.3, -0.25) is 4.90 Å². The van der Waals surface area contributed by atoms with Crippen LogP contribution in [0.3, 0.4) is 0 Å². The summed E-state index contributed by atoms with van der Waals surface area (Å²) in [5.41, 5.74) is 6.32. The summed E-state index contributed by atoms with van der Waals surface area (Å²) in [6, 6.07) is 3.48. The molecule has 5 heteroatoms. The summed E-state index contributed by atoms with van der Waals surface area (Å²) >= 11 is 0. The van der Waals surface area contributed by atoms with Crippen molar-refractivity contribution in [3.8, 4) is 0 Å². The molecule has 0 saturated carbocycles. The van der Waals surface area contributed by atoms with Gasteiger partial charge in [0.1, 0.15) is 11.6 Å². The molecule has 0 bridgehead atoms. The van der Waals surface area contributed by atoms with Gasteiger partial charge in [0.25, 0.3) is 0 Å². The highest BCUT2D eigenvalue weighted by Gasteiger charge is 2.24. The average molecular weight is 283 g/mol. The Bertz CT molecular complexity index is 451. The van der Waals surface area contributed by atoms with Crippen LogP contribution >= 0.6 is 0 Å². The number of piperidine rings is 1. The van der Waals surface area contributed by atoms with Crippen molar-refractivity contribution in [2.24, 2.45) is 5.73 Å². The lowest BCUT2D eigenvalue weighted by molar-refractivity contribution is 0.127. The maximum Gasteiger partial charge on any atom is 0.128 e. The molecule has 0 aromatic heterocycles. The molecule has 1 fully saturated rings. The van der Waals surface area contributed by atoms with E-state index in [2.05, 4.69) is 23.9 Å². The van der Waals surface area contributed by atoms with E-state index in [4.69, 9.17) is 5.73 Å². The first-order valence-corrected chi connectivity index (χ1v) is 7.06. The van der Waals surface area contributed by atoms with Crippen LogP contribution in [-0.4, -0.2) is 49.6 Å². The Morgan fingerprint density at radius 3 is 2.85 bits per heavy atom. The molecule has 0 aliphatic carbocycles. The van der Waals surface area contributed by atoms with Crippen LogP contribution in [0.4, 0.5) is 8.78 Å². The number of halogens is 2. The summed E-state index contributed by atoms with van der Waals surface area (Å²) in [7, 11) is 4.14. The predicted molar refractivity (Wildman–Crippen MR) is 76.4 cm³/mol. The highest BCUT2D eigenvalue weighted by atomic mass is 19.1. The van der Waals surface area contributed by atoms with Gasteiger partial charge in [0, 0.05) is 30.7 Å². The average Bonchev–Trinajstić information content (AvgIpc) is 2.41. The summed E-state index contributed by atoms with van der Waals surface area (Å²) in [5, 5.41) is 0. The van der Waals surface area contributed by atoms with E-state index in [9.17, 15) is 8.78 Å². The third-order valence-electron chi connectivity index (χ3n) is 4.02. The Kier molecular flexibility index (Phi) is 5.07. The fraction of sp³-hybridized carbons (Fsp3) is 0.600. The van der Waals surface area contributed by atoms with Crippen molar-refractivity contribution in [3.05, 3.63) is 35.4 Å². The number of nitrogens with zero attached hydrogens (tertiary/aromatic N) is 2. The first-order chi connectivity index (χ1) is 9.47. The molecular formula is C15H23F2N3. The van der Waals surface area contributed by atoms with Crippen LogP contribution in [0, 0.1) is 11.6 Å². The highest BCUT2D eigenvalue weighted by molar-refractivity contribution is 5.22. The second kappa shape index (κ2) is 6.61. The Hall–Kier alpha value is -1.04. The fourth-order valence-electron chi connectivity index (χ4n) is 2.79. The molecule has 0 amide bonds. The minimum atomic E-state index is -0.494. The molecule has 1 aromatic rings. The Morgan fingerprint density at radius 1 is 1.40 bits per heavy atom. The minimum absolute atomic E-state index is 0.261. The molecule has 2 atom stereocenters. The SMILES string of the molecule is CN(C)C1CCCN(CC(N)c2cc(F)ccc2F)C1. The zero-order valence-corrected chi connectivity index (χ0v) is 12.1. The molecule has 3 nitrogen and oxygen atoms in total. The minimum Gasteiger partial charge on any atom is -0.323 e. The summed E-state index contributed by atoms with van der Waals surface area (Å²) in [6.07, 6.45) is 2.29. The molecule has 2 unspecified atom stereocenters. The fourth-order valence-corrected chi connectivity index (χ4v) is 2.79. The lowest BCUT2D eigenvalue weighted by Gasteiger charge is -2.37. The summed E-state index contributed by atoms with van der Waals surface area (Å²) < 4.78 is 26.9. The molecule has 2 rings (SSSR count). The second-order valence-corrected chi connectivity index (χ2v) is 5.79. The molecule has 20 heavy (non-hydrogen) atoms. The van der Waals surface area contributed by atoms with Crippen molar-refractivity contribution in [3.63, 3.8) is 0 Å². The van der Waals surface area contributed by atoms with Crippen LogP contribution in [0.2, 0.25) is 0 Å².